The molecule has 2 rings (SSSR count). The molecule has 9 nitrogen and oxygen atoms in total. The summed E-state index contributed by atoms with van der Waals surface area (Å²) >= 11 is 0. The number of methoxy groups -OCH3 is 1. The number of nitrogens with one attached hydrogen (secondary N) is 2. The number of rotatable bonds is 8. The highest BCUT2D eigenvalue weighted by Gasteiger charge is 2.19. The van der Waals surface area contributed by atoms with Gasteiger partial charge in [-0.2, -0.15) is 5.10 Å². The van der Waals surface area contributed by atoms with Crippen LogP contribution in [0.4, 0.5) is 11.4 Å². The second-order valence-corrected chi connectivity index (χ2v) is 5.55. The molecule has 2 aromatic rings. The standard InChI is InChI=1S/C18H20N4O5/c1-3-15(20-13-7-5-4-6-8-13)18(24)21-19-11-12-9-14(27-2)10-16(17(12)23)22(25)26/h4-11,15,20,23H,3H2,1-2H3,(H,21,24)/b19-11+/t15-/m1/s1. The number of amides is 1. The second kappa shape index (κ2) is 9.18. The van der Waals surface area contributed by atoms with Crippen LogP contribution in [0.5, 0.6) is 11.5 Å². The fourth-order valence-corrected chi connectivity index (χ4v) is 2.30. The van der Waals surface area contributed by atoms with Crippen molar-refractivity contribution in [2.45, 2.75) is 19.4 Å². The molecule has 0 heterocycles. The van der Waals surface area contributed by atoms with Gasteiger partial charge >= 0.3 is 5.69 Å². The SMILES string of the molecule is CC[C@@H](Nc1ccccc1)C(=O)N/N=C/c1cc(OC)cc([N+](=O)[O-])c1O. The number of phenols is 1. The van der Waals surface area contributed by atoms with Crippen LogP contribution in [0.25, 0.3) is 0 Å². The number of hydrogen-bond acceptors (Lipinski definition) is 7. The number of nitro benzene ring substituents is 1. The molecule has 0 radical (unpaired) electrons. The quantitative estimate of drug-likeness (QED) is 0.371. The van der Waals surface area contributed by atoms with Crippen LogP contribution < -0.4 is 15.5 Å². The number of carbonyl (C=O) groups is 1. The van der Waals surface area contributed by atoms with Crippen LogP contribution in [-0.4, -0.2) is 35.3 Å². The molecule has 0 aliphatic carbocycles. The summed E-state index contributed by atoms with van der Waals surface area (Å²) in [4.78, 5) is 22.5. The van der Waals surface area contributed by atoms with Gasteiger partial charge in [0, 0.05) is 11.3 Å². The summed E-state index contributed by atoms with van der Waals surface area (Å²) in [5.41, 5.74) is 2.69. The van der Waals surface area contributed by atoms with Crippen LogP contribution in [-0.2, 0) is 4.79 Å². The Morgan fingerprint density at radius 2 is 2.07 bits per heavy atom. The lowest BCUT2D eigenvalue weighted by atomic mass is 10.1. The molecule has 0 aliphatic rings. The smallest absolute Gasteiger partial charge is 0.315 e. The van der Waals surface area contributed by atoms with E-state index in [0.29, 0.717) is 6.42 Å². The van der Waals surface area contributed by atoms with Crippen LogP contribution in [0.2, 0.25) is 0 Å². The average molecular weight is 372 g/mol. The van der Waals surface area contributed by atoms with E-state index in [4.69, 9.17) is 4.74 Å². The number of anilines is 1. The molecule has 0 spiro atoms. The minimum absolute atomic E-state index is 0.0467. The molecule has 2 aromatic carbocycles. The summed E-state index contributed by atoms with van der Waals surface area (Å²) in [6.45, 7) is 1.85. The van der Waals surface area contributed by atoms with Gasteiger partial charge in [-0.1, -0.05) is 25.1 Å². The van der Waals surface area contributed by atoms with Crippen molar-refractivity contribution in [1.82, 2.24) is 5.43 Å². The fourth-order valence-electron chi connectivity index (χ4n) is 2.30. The maximum absolute atomic E-state index is 12.3. The van der Waals surface area contributed by atoms with Crippen molar-refractivity contribution < 1.29 is 19.6 Å². The van der Waals surface area contributed by atoms with E-state index in [1.807, 2.05) is 37.3 Å². The van der Waals surface area contributed by atoms with Gasteiger partial charge in [0.15, 0.2) is 0 Å². The van der Waals surface area contributed by atoms with Gasteiger partial charge in [-0.05, 0) is 24.6 Å². The molecular formula is C18H20N4O5. The lowest BCUT2D eigenvalue weighted by Crippen LogP contribution is -2.36. The van der Waals surface area contributed by atoms with Crippen LogP contribution in [0.1, 0.15) is 18.9 Å². The summed E-state index contributed by atoms with van der Waals surface area (Å²) in [6.07, 6.45) is 1.64. The third-order valence-electron chi connectivity index (χ3n) is 3.74. The lowest BCUT2D eigenvalue weighted by Gasteiger charge is -2.16. The molecule has 0 fully saturated rings. The van der Waals surface area contributed by atoms with Gasteiger partial charge in [-0.25, -0.2) is 5.43 Å². The number of para-hydroxylation sites is 1. The minimum atomic E-state index is -0.731. The highest BCUT2D eigenvalue weighted by atomic mass is 16.6. The highest BCUT2D eigenvalue weighted by Crippen LogP contribution is 2.33. The second-order valence-electron chi connectivity index (χ2n) is 5.55. The first-order chi connectivity index (χ1) is 13.0. The fraction of sp³-hybridized carbons (Fsp3) is 0.222. The van der Waals surface area contributed by atoms with Crippen LogP contribution in [0, 0.1) is 10.1 Å². The van der Waals surface area contributed by atoms with Crippen LogP contribution in [0.15, 0.2) is 47.6 Å². The zero-order chi connectivity index (χ0) is 19.8. The van der Waals surface area contributed by atoms with Gasteiger partial charge in [-0.3, -0.25) is 14.9 Å². The van der Waals surface area contributed by atoms with Crippen molar-refractivity contribution >= 4 is 23.5 Å². The average Bonchev–Trinajstić information content (AvgIpc) is 2.67. The predicted molar refractivity (Wildman–Crippen MR) is 101 cm³/mol. The highest BCUT2D eigenvalue weighted by molar-refractivity contribution is 5.89. The maximum atomic E-state index is 12.3. The van der Waals surface area contributed by atoms with E-state index in [-0.39, 0.29) is 17.2 Å². The normalized spacial score (nSPS) is 11.8. The van der Waals surface area contributed by atoms with Crippen LogP contribution >= 0.6 is 0 Å². The number of ether oxygens (including phenoxy) is 1. The van der Waals surface area contributed by atoms with Crippen molar-refractivity contribution in [3.05, 3.63) is 58.1 Å². The third-order valence-corrected chi connectivity index (χ3v) is 3.74. The van der Waals surface area contributed by atoms with Crippen molar-refractivity contribution in [2.24, 2.45) is 5.10 Å². The Morgan fingerprint density at radius 1 is 1.37 bits per heavy atom. The van der Waals surface area contributed by atoms with E-state index in [9.17, 15) is 20.0 Å². The number of benzene rings is 2. The lowest BCUT2D eigenvalue weighted by molar-refractivity contribution is -0.385. The van der Waals surface area contributed by atoms with Gasteiger partial charge in [0.05, 0.1) is 24.3 Å². The number of nitro groups is 1. The molecule has 0 bridgehead atoms. The summed E-state index contributed by atoms with van der Waals surface area (Å²) in [6, 6.07) is 11.2. The predicted octanol–water partition coefficient (Wildman–Crippen LogP) is 2.65. The Labute approximate surface area is 155 Å². The molecule has 0 aromatic heterocycles. The molecule has 3 N–H and O–H groups in total. The minimum Gasteiger partial charge on any atom is -0.502 e. The Hall–Kier alpha value is -3.62. The number of hydrazone groups is 1. The summed E-state index contributed by atoms with van der Waals surface area (Å²) < 4.78 is 4.98. The summed E-state index contributed by atoms with van der Waals surface area (Å²) in [7, 11) is 1.35. The van der Waals surface area contributed by atoms with E-state index in [2.05, 4.69) is 15.8 Å². The van der Waals surface area contributed by atoms with Gasteiger partial charge in [0.1, 0.15) is 11.8 Å². The number of carbonyl (C=O) groups excluding carboxylic acids is 1. The van der Waals surface area contributed by atoms with Crippen molar-refractivity contribution in [2.75, 3.05) is 12.4 Å². The summed E-state index contributed by atoms with van der Waals surface area (Å²) in [5, 5.41) is 27.8. The zero-order valence-electron chi connectivity index (χ0n) is 14.9. The monoisotopic (exact) mass is 372 g/mol. The van der Waals surface area contributed by atoms with E-state index in [0.717, 1.165) is 18.0 Å². The Morgan fingerprint density at radius 3 is 2.67 bits per heavy atom. The van der Waals surface area contributed by atoms with Gasteiger partial charge in [0.25, 0.3) is 5.91 Å². The van der Waals surface area contributed by atoms with Crippen LogP contribution in [0.3, 0.4) is 0 Å². The Bertz CT molecular complexity index is 839. The molecule has 0 unspecified atom stereocenters. The van der Waals surface area contributed by atoms with Crippen molar-refractivity contribution in [1.29, 1.82) is 0 Å². The Balaban J connectivity index is 2.10. The topological polar surface area (TPSA) is 126 Å². The summed E-state index contributed by atoms with van der Waals surface area (Å²) in [5.74, 6) is -0.757. The number of nitrogens with zero attached hydrogens (tertiary/aromatic N) is 2. The largest absolute Gasteiger partial charge is 0.502 e. The maximum Gasteiger partial charge on any atom is 0.315 e. The number of aromatic hydroxyl groups is 1. The van der Waals surface area contributed by atoms with E-state index in [1.165, 1.54) is 13.2 Å². The van der Waals surface area contributed by atoms with E-state index >= 15 is 0 Å². The molecule has 1 atom stereocenters. The molecule has 142 valence electrons. The van der Waals surface area contributed by atoms with Gasteiger partial charge in [-0.15, -0.1) is 0 Å². The zero-order valence-corrected chi connectivity index (χ0v) is 14.9. The van der Waals surface area contributed by atoms with Crippen molar-refractivity contribution in [3.63, 3.8) is 0 Å². The van der Waals surface area contributed by atoms with Gasteiger partial charge < -0.3 is 15.2 Å². The first-order valence-electron chi connectivity index (χ1n) is 8.16. The first-order valence-corrected chi connectivity index (χ1v) is 8.16. The number of hydrogen-bond donors (Lipinski definition) is 3. The molecule has 9 heteroatoms. The molecular weight excluding hydrogens is 352 g/mol. The van der Waals surface area contributed by atoms with E-state index in [1.54, 1.807) is 0 Å². The van der Waals surface area contributed by atoms with E-state index < -0.39 is 22.4 Å². The Kier molecular flexibility index (Phi) is 6.70. The van der Waals surface area contributed by atoms with Crippen molar-refractivity contribution in [3.8, 4) is 11.5 Å². The molecule has 27 heavy (non-hydrogen) atoms. The number of phenolic OH excluding ortho intramolecular Hbond substituents is 1. The molecule has 0 saturated heterocycles. The molecule has 0 aliphatic heterocycles. The molecule has 1 amide bonds. The van der Waals surface area contributed by atoms with Gasteiger partial charge in [0.2, 0.25) is 5.75 Å². The third kappa shape index (κ3) is 5.18. The first kappa shape index (κ1) is 19.7. The molecule has 0 saturated carbocycles.